The lowest BCUT2D eigenvalue weighted by molar-refractivity contribution is -0.574. The molecule has 1 aromatic carbocycles. The van der Waals surface area contributed by atoms with Gasteiger partial charge in [-0.3, -0.25) is 14.7 Å². The van der Waals surface area contributed by atoms with Crippen LogP contribution in [0, 0.1) is 10.1 Å². The number of hydrogen-bond donors (Lipinski definition) is 2. The van der Waals surface area contributed by atoms with Gasteiger partial charge in [-0.05, 0) is 12.1 Å². The summed E-state index contributed by atoms with van der Waals surface area (Å²) in [6.45, 7) is 0. The molecular weight excluding hydrogens is 268 g/mol. The molecule has 10 heteroatoms. The Bertz CT molecular complexity index is 542. The van der Waals surface area contributed by atoms with Gasteiger partial charge in [0.25, 0.3) is 0 Å². The molecule has 1 amide bonds. The molecule has 0 aliphatic carbocycles. The molecule has 0 aliphatic rings. The molecule has 98 valence electrons. The van der Waals surface area contributed by atoms with E-state index in [1.54, 1.807) is 6.07 Å². The Morgan fingerprint density at radius 3 is 2.39 bits per heavy atom. The third-order valence-corrected chi connectivity index (χ3v) is 2.13. The second kappa shape index (κ2) is 5.42. The van der Waals surface area contributed by atoms with Crippen LogP contribution < -0.4 is 4.72 Å². The van der Waals surface area contributed by atoms with Crippen LogP contribution in [0.5, 0.6) is 0 Å². The highest BCUT2D eigenvalue weighted by Crippen LogP contribution is 2.17. The van der Waals surface area contributed by atoms with Gasteiger partial charge in [-0.25, -0.2) is 4.79 Å². The number of ether oxygens (including phenoxy) is 1. The molecule has 1 unspecified atom stereocenters. The molecule has 0 radical (unpaired) electrons. The largest absolute Gasteiger partial charge is 0.428 e. The Morgan fingerprint density at radius 1 is 1.39 bits per heavy atom. The van der Waals surface area contributed by atoms with Gasteiger partial charge in [0.15, 0.2) is 0 Å². The van der Waals surface area contributed by atoms with Gasteiger partial charge in [0.05, 0.1) is 10.5 Å². The zero-order valence-corrected chi connectivity index (χ0v) is 9.53. The van der Waals surface area contributed by atoms with Crippen molar-refractivity contribution in [3.8, 4) is 0 Å². The molecule has 0 spiro atoms. The monoisotopic (exact) mass is 276 g/mol. The van der Waals surface area contributed by atoms with Crippen molar-refractivity contribution in [1.82, 2.24) is 4.72 Å². The molecular formula is C8H8N2O7S. The molecule has 0 saturated heterocycles. The maximum Gasteiger partial charge on any atom is 0.428 e. The smallest absolute Gasteiger partial charge is 0.377 e. The van der Waals surface area contributed by atoms with Gasteiger partial charge in [0, 0.05) is 0 Å². The molecule has 9 nitrogen and oxygen atoms in total. The van der Waals surface area contributed by atoms with E-state index in [4.69, 9.17) is 4.55 Å². The summed E-state index contributed by atoms with van der Waals surface area (Å²) in [4.78, 5) is 20.7. The van der Waals surface area contributed by atoms with E-state index in [1.807, 2.05) is 0 Å². The Hall–Kier alpha value is -2.20. The van der Waals surface area contributed by atoms with Crippen LogP contribution in [0.25, 0.3) is 0 Å². The van der Waals surface area contributed by atoms with Crippen molar-refractivity contribution >= 4 is 16.4 Å². The number of hydrogen-bond acceptors (Lipinski definition) is 6. The van der Waals surface area contributed by atoms with Crippen molar-refractivity contribution in [3.05, 3.63) is 46.0 Å². The van der Waals surface area contributed by atoms with Crippen molar-refractivity contribution < 1.29 is 27.4 Å². The van der Waals surface area contributed by atoms with E-state index >= 15 is 0 Å². The zero-order chi connectivity index (χ0) is 13.8. The fourth-order valence-corrected chi connectivity index (χ4v) is 1.34. The lowest BCUT2D eigenvalue weighted by Gasteiger charge is -2.10. The molecule has 1 rings (SSSR count). The summed E-state index contributed by atoms with van der Waals surface area (Å²) < 4.78 is 34.2. The van der Waals surface area contributed by atoms with Crippen molar-refractivity contribution in [1.29, 1.82) is 0 Å². The lowest BCUT2D eigenvalue weighted by atomic mass is 10.2. The highest BCUT2D eigenvalue weighted by atomic mass is 32.2. The maximum atomic E-state index is 11.0. The number of nitro groups is 1. The Balaban J connectivity index is 2.83. The van der Waals surface area contributed by atoms with Crippen LogP contribution in [0.3, 0.4) is 0 Å². The van der Waals surface area contributed by atoms with E-state index in [0.717, 1.165) is 4.72 Å². The minimum Gasteiger partial charge on any atom is -0.377 e. The number of nitrogens with one attached hydrogen (secondary N) is 1. The summed E-state index contributed by atoms with van der Waals surface area (Å²) in [5, 5.41) is 10.7. The van der Waals surface area contributed by atoms with Crippen molar-refractivity contribution in [2.24, 2.45) is 0 Å². The average molecular weight is 276 g/mol. The molecule has 0 saturated carbocycles. The molecule has 0 bridgehead atoms. The third kappa shape index (κ3) is 4.35. The minimum atomic E-state index is -4.82. The molecule has 0 aliphatic heterocycles. The quantitative estimate of drug-likeness (QED) is 0.353. The van der Waals surface area contributed by atoms with E-state index in [9.17, 15) is 23.3 Å². The first-order valence-corrected chi connectivity index (χ1v) is 5.88. The summed E-state index contributed by atoms with van der Waals surface area (Å²) in [6.07, 6.45) is -3.52. The number of amides is 1. The minimum absolute atomic E-state index is 0.0491. The molecule has 0 heterocycles. The molecule has 0 aromatic heterocycles. The Labute approximate surface area is 101 Å². The number of carbonyl (C=O) groups excluding carboxylic acids is 1. The van der Waals surface area contributed by atoms with Crippen molar-refractivity contribution in [2.75, 3.05) is 0 Å². The molecule has 1 atom stereocenters. The van der Waals surface area contributed by atoms with Gasteiger partial charge in [-0.15, -0.1) is 0 Å². The standard InChI is InChI=1S/C8H8N2O7S/c11-8(9-18(14,15)16)17-7(10(12)13)6-4-2-1-3-5-6/h1-5,7H,(H,9,11)(H,14,15,16). The molecule has 18 heavy (non-hydrogen) atoms. The maximum absolute atomic E-state index is 11.0. The van der Waals surface area contributed by atoms with Gasteiger partial charge in [0.2, 0.25) is 0 Å². The molecule has 1 aromatic rings. The predicted octanol–water partition coefficient (Wildman–Crippen LogP) is 0.491. The van der Waals surface area contributed by atoms with Crippen LogP contribution in [-0.4, -0.2) is 24.0 Å². The second-order valence-corrected chi connectivity index (χ2v) is 4.19. The van der Waals surface area contributed by atoms with Crippen molar-refractivity contribution in [2.45, 2.75) is 6.23 Å². The van der Waals surface area contributed by atoms with Crippen LogP contribution in [0.4, 0.5) is 4.79 Å². The van der Waals surface area contributed by atoms with E-state index in [1.165, 1.54) is 24.3 Å². The summed E-state index contributed by atoms with van der Waals surface area (Å²) in [5.74, 6) is 0. The first kappa shape index (κ1) is 13.9. The van der Waals surface area contributed by atoms with Crippen LogP contribution >= 0.6 is 0 Å². The number of carbonyl (C=O) groups is 1. The Morgan fingerprint density at radius 2 is 1.94 bits per heavy atom. The number of rotatable bonds is 4. The lowest BCUT2D eigenvalue weighted by Crippen LogP contribution is -2.33. The fraction of sp³-hybridized carbons (Fsp3) is 0.125. The zero-order valence-electron chi connectivity index (χ0n) is 8.72. The first-order chi connectivity index (χ1) is 8.29. The van der Waals surface area contributed by atoms with Gasteiger partial charge in [0.1, 0.15) is 0 Å². The first-order valence-electron chi connectivity index (χ1n) is 4.44. The fourth-order valence-electron chi connectivity index (χ4n) is 1.08. The molecule has 0 fully saturated rings. The van der Waals surface area contributed by atoms with Gasteiger partial charge in [-0.2, -0.15) is 13.1 Å². The number of benzene rings is 1. The van der Waals surface area contributed by atoms with Crippen LogP contribution in [0.1, 0.15) is 11.8 Å². The Kier molecular flexibility index (Phi) is 4.18. The summed E-state index contributed by atoms with van der Waals surface area (Å²) in [6, 6.07) is 7.22. The van der Waals surface area contributed by atoms with Gasteiger partial charge in [-0.1, -0.05) is 18.2 Å². The highest BCUT2D eigenvalue weighted by Gasteiger charge is 2.28. The molecule has 2 N–H and O–H groups in total. The van der Waals surface area contributed by atoms with Crippen LogP contribution in [-0.2, 0) is 15.0 Å². The van der Waals surface area contributed by atoms with E-state index < -0.39 is 27.5 Å². The summed E-state index contributed by atoms with van der Waals surface area (Å²) in [7, 11) is -4.82. The average Bonchev–Trinajstić information content (AvgIpc) is 2.24. The van der Waals surface area contributed by atoms with E-state index in [2.05, 4.69) is 4.74 Å². The summed E-state index contributed by atoms with van der Waals surface area (Å²) in [5.41, 5.74) is 0.0491. The normalized spacial score (nSPS) is 12.5. The van der Waals surface area contributed by atoms with Crippen LogP contribution in [0.2, 0.25) is 0 Å². The van der Waals surface area contributed by atoms with Gasteiger partial charge >= 0.3 is 22.6 Å². The second-order valence-electron chi connectivity index (χ2n) is 3.03. The highest BCUT2D eigenvalue weighted by molar-refractivity contribution is 7.84. The van der Waals surface area contributed by atoms with Gasteiger partial charge < -0.3 is 4.74 Å². The van der Waals surface area contributed by atoms with E-state index in [0.29, 0.717) is 0 Å². The third-order valence-electron chi connectivity index (χ3n) is 1.71. The summed E-state index contributed by atoms with van der Waals surface area (Å²) >= 11 is 0. The van der Waals surface area contributed by atoms with E-state index in [-0.39, 0.29) is 5.56 Å². The number of nitrogens with zero attached hydrogens (tertiary/aromatic N) is 1. The predicted molar refractivity (Wildman–Crippen MR) is 57.3 cm³/mol. The SMILES string of the molecule is O=C(NS(=O)(=O)O)OC(c1ccccc1)[N+](=O)[O-]. The van der Waals surface area contributed by atoms with Crippen molar-refractivity contribution in [3.63, 3.8) is 0 Å². The van der Waals surface area contributed by atoms with Crippen LogP contribution in [0.15, 0.2) is 30.3 Å². The topological polar surface area (TPSA) is 136 Å².